The predicted octanol–water partition coefficient (Wildman–Crippen LogP) is 1.85. The average molecular weight is 244 g/mol. The van der Waals surface area contributed by atoms with Crippen molar-refractivity contribution in [1.29, 1.82) is 0 Å². The average Bonchev–Trinajstić information content (AvgIpc) is 2.94. The zero-order chi connectivity index (χ0) is 12.7. The Morgan fingerprint density at radius 3 is 2.67 bits per heavy atom. The Bertz CT molecular complexity index is 616. The molecule has 2 N–H and O–H groups in total. The molecule has 0 amide bonds. The molecule has 0 saturated carbocycles. The summed E-state index contributed by atoms with van der Waals surface area (Å²) in [6.07, 6.45) is 3.01. The monoisotopic (exact) mass is 244 g/mol. The minimum atomic E-state index is -0.411. The van der Waals surface area contributed by atoms with E-state index in [4.69, 9.17) is 5.73 Å². The number of nitrogens with two attached hydrogens (primary N) is 1. The van der Waals surface area contributed by atoms with Crippen LogP contribution in [0.5, 0.6) is 0 Å². The third kappa shape index (κ3) is 1.54. The maximum Gasteiger partial charge on any atom is 0.269 e. The number of nitrogen functional groups attached to an aromatic ring is 1. The van der Waals surface area contributed by atoms with Gasteiger partial charge in [-0.3, -0.25) is 10.1 Å². The first kappa shape index (κ1) is 10.8. The van der Waals surface area contributed by atoms with Gasteiger partial charge < -0.3 is 5.73 Å². The standard InChI is InChI=1S/C12H12N4O2/c13-12-10-2-1-3-11(10)15(14-12)8-4-6-9(7-5-8)16(17)18/h4-7H,1-3H2,(H2,13,14). The van der Waals surface area contributed by atoms with Gasteiger partial charge >= 0.3 is 0 Å². The molecule has 1 heterocycles. The second kappa shape index (κ2) is 3.83. The molecule has 0 radical (unpaired) electrons. The zero-order valence-electron chi connectivity index (χ0n) is 9.67. The molecule has 2 aromatic rings. The molecule has 18 heavy (non-hydrogen) atoms. The van der Waals surface area contributed by atoms with Gasteiger partial charge in [-0.1, -0.05) is 0 Å². The van der Waals surface area contributed by atoms with Crippen LogP contribution in [-0.4, -0.2) is 14.7 Å². The van der Waals surface area contributed by atoms with Gasteiger partial charge in [0.2, 0.25) is 0 Å². The van der Waals surface area contributed by atoms with Crippen LogP contribution >= 0.6 is 0 Å². The number of aromatic nitrogens is 2. The van der Waals surface area contributed by atoms with Gasteiger partial charge in [0.05, 0.1) is 10.6 Å². The van der Waals surface area contributed by atoms with E-state index in [0.717, 1.165) is 36.2 Å². The number of non-ortho nitro benzene ring substituents is 1. The number of rotatable bonds is 2. The Morgan fingerprint density at radius 2 is 2.00 bits per heavy atom. The fourth-order valence-electron chi connectivity index (χ4n) is 2.39. The predicted molar refractivity (Wildman–Crippen MR) is 66.7 cm³/mol. The van der Waals surface area contributed by atoms with Crippen molar-refractivity contribution in [3.8, 4) is 5.69 Å². The Labute approximate surface area is 103 Å². The third-order valence-corrected chi connectivity index (χ3v) is 3.27. The van der Waals surface area contributed by atoms with E-state index >= 15 is 0 Å². The smallest absolute Gasteiger partial charge is 0.269 e. The molecule has 1 aromatic heterocycles. The van der Waals surface area contributed by atoms with Crippen molar-refractivity contribution >= 4 is 11.5 Å². The lowest BCUT2D eigenvalue weighted by Crippen LogP contribution is -2.01. The molecule has 0 bridgehead atoms. The summed E-state index contributed by atoms with van der Waals surface area (Å²) >= 11 is 0. The summed E-state index contributed by atoms with van der Waals surface area (Å²) in [5.41, 5.74) is 9.01. The fraction of sp³-hybridized carbons (Fsp3) is 0.250. The summed E-state index contributed by atoms with van der Waals surface area (Å²) in [7, 11) is 0. The number of nitrogens with zero attached hydrogens (tertiary/aromatic N) is 3. The van der Waals surface area contributed by atoms with Crippen molar-refractivity contribution < 1.29 is 4.92 Å². The molecule has 0 saturated heterocycles. The number of benzene rings is 1. The zero-order valence-corrected chi connectivity index (χ0v) is 9.67. The van der Waals surface area contributed by atoms with E-state index in [-0.39, 0.29) is 5.69 Å². The molecule has 1 aromatic carbocycles. The summed E-state index contributed by atoms with van der Waals surface area (Å²) in [5.74, 6) is 0.570. The van der Waals surface area contributed by atoms with Crippen molar-refractivity contribution in [2.75, 3.05) is 5.73 Å². The van der Waals surface area contributed by atoms with Crippen LogP contribution < -0.4 is 5.73 Å². The van der Waals surface area contributed by atoms with E-state index in [0.29, 0.717) is 5.82 Å². The normalized spacial score (nSPS) is 13.6. The highest BCUT2D eigenvalue weighted by Gasteiger charge is 2.21. The van der Waals surface area contributed by atoms with Crippen LogP contribution in [0.15, 0.2) is 24.3 Å². The lowest BCUT2D eigenvalue weighted by Gasteiger charge is -2.04. The second-order valence-corrected chi connectivity index (χ2v) is 4.35. The van der Waals surface area contributed by atoms with Crippen LogP contribution in [0.1, 0.15) is 17.7 Å². The minimum absolute atomic E-state index is 0.0792. The van der Waals surface area contributed by atoms with E-state index < -0.39 is 4.92 Å². The van der Waals surface area contributed by atoms with Crippen LogP contribution in [-0.2, 0) is 12.8 Å². The molecular weight excluding hydrogens is 232 g/mol. The highest BCUT2D eigenvalue weighted by Crippen LogP contribution is 2.29. The van der Waals surface area contributed by atoms with Gasteiger partial charge in [-0.2, -0.15) is 5.10 Å². The number of hydrogen-bond acceptors (Lipinski definition) is 4. The van der Waals surface area contributed by atoms with Gasteiger partial charge in [0, 0.05) is 23.4 Å². The van der Waals surface area contributed by atoms with Crippen molar-refractivity contribution in [2.24, 2.45) is 0 Å². The second-order valence-electron chi connectivity index (χ2n) is 4.35. The quantitative estimate of drug-likeness (QED) is 0.645. The molecule has 0 atom stereocenters. The molecule has 1 aliphatic carbocycles. The Kier molecular flexibility index (Phi) is 2.29. The maximum atomic E-state index is 10.6. The molecule has 0 fully saturated rings. The highest BCUT2D eigenvalue weighted by molar-refractivity contribution is 5.50. The number of nitro benzene ring substituents is 1. The van der Waals surface area contributed by atoms with Gasteiger partial charge in [0.15, 0.2) is 0 Å². The van der Waals surface area contributed by atoms with Gasteiger partial charge in [0.1, 0.15) is 5.82 Å². The number of hydrogen-bond donors (Lipinski definition) is 1. The minimum Gasteiger partial charge on any atom is -0.382 e. The molecule has 6 heteroatoms. The first-order chi connectivity index (χ1) is 8.66. The summed E-state index contributed by atoms with van der Waals surface area (Å²) in [4.78, 5) is 10.2. The molecule has 0 unspecified atom stereocenters. The van der Waals surface area contributed by atoms with E-state index in [1.165, 1.54) is 12.1 Å². The Morgan fingerprint density at radius 1 is 1.28 bits per heavy atom. The van der Waals surface area contributed by atoms with Crippen LogP contribution in [0.4, 0.5) is 11.5 Å². The summed E-state index contributed by atoms with van der Waals surface area (Å²) in [6, 6.07) is 6.36. The molecule has 1 aliphatic rings. The van der Waals surface area contributed by atoms with Crippen LogP contribution in [0.2, 0.25) is 0 Å². The Balaban J connectivity index is 2.05. The number of fused-ring (bicyclic) bond motifs is 1. The third-order valence-electron chi connectivity index (χ3n) is 3.27. The van der Waals surface area contributed by atoms with Gasteiger partial charge in [-0.05, 0) is 31.4 Å². The van der Waals surface area contributed by atoms with Crippen molar-refractivity contribution in [2.45, 2.75) is 19.3 Å². The number of anilines is 1. The van der Waals surface area contributed by atoms with Gasteiger partial charge in [-0.15, -0.1) is 0 Å². The lowest BCUT2D eigenvalue weighted by molar-refractivity contribution is -0.384. The molecule has 3 rings (SSSR count). The summed E-state index contributed by atoms with van der Waals surface area (Å²) in [6.45, 7) is 0. The molecule has 0 spiro atoms. The molecule has 6 nitrogen and oxygen atoms in total. The summed E-state index contributed by atoms with van der Waals surface area (Å²) in [5, 5.41) is 14.9. The first-order valence-corrected chi connectivity index (χ1v) is 5.78. The van der Waals surface area contributed by atoms with Crippen LogP contribution in [0.25, 0.3) is 5.69 Å². The Hall–Kier alpha value is -2.37. The van der Waals surface area contributed by atoms with Crippen molar-refractivity contribution in [3.63, 3.8) is 0 Å². The largest absolute Gasteiger partial charge is 0.382 e. The topological polar surface area (TPSA) is 87.0 Å². The first-order valence-electron chi connectivity index (χ1n) is 5.78. The molecular formula is C12H12N4O2. The fourth-order valence-corrected chi connectivity index (χ4v) is 2.39. The maximum absolute atomic E-state index is 10.6. The van der Waals surface area contributed by atoms with E-state index in [9.17, 15) is 10.1 Å². The molecule has 0 aliphatic heterocycles. The van der Waals surface area contributed by atoms with Crippen LogP contribution in [0.3, 0.4) is 0 Å². The van der Waals surface area contributed by atoms with E-state index in [2.05, 4.69) is 5.10 Å². The highest BCUT2D eigenvalue weighted by atomic mass is 16.6. The van der Waals surface area contributed by atoms with Crippen molar-refractivity contribution in [3.05, 3.63) is 45.6 Å². The molecule has 92 valence electrons. The lowest BCUT2D eigenvalue weighted by atomic mass is 10.2. The number of nitro groups is 1. The van der Waals surface area contributed by atoms with Gasteiger partial charge in [0.25, 0.3) is 5.69 Å². The van der Waals surface area contributed by atoms with Crippen molar-refractivity contribution in [1.82, 2.24) is 9.78 Å². The van der Waals surface area contributed by atoms with E-state index in [1.807, 2.05) is 0 Å². The van der Waals surface area contributed by atoms with E-state index in [1.54, 1.807) is 16.8 Å². The summed E-state index contributed by atoms with van der Waals surface area (Å²) < 4.78 is 1.79. The van der Waals surface area contributed by atoms with Gasteiger partial charge in [-0.25, -0.2) is 4.68 Å². The van der Waals surface area contributed by atoms with Crippen LogP contribution in [0, 0.1) is 10.1 Å². The SMILES string of the molecule is Nc1nn(-c2ccc([N+](=O)[O-])cc2)c2c1CCC2.